The van der Waals surface area contributed by atoms with Crippen molar-refractivity contribution in [2.24, 2.45) is 0 Å². The van der Waals surface area contributed by atoms with Crippen molar-refractivity contribution >= 4 is 11.7 Å². The molecule has 0 aromatic heterocycles. The SMILES string of the molecule is COC(=O)c1ccc(NC2CCCC2)cc1OC. The van der Waals surface area contributed by atoms with E-state index in [9.17, 15) is 4.79 Å². The summed E-state index contributed by atoms with van der Waals surface area (Å²) < 4.78 is 9.95. The minimum absolute atomic E-state index is 0.376. The van der Waals surface area contributed by atoms with Crippen LogP contribution < -0.4 is 10.1 Å². The highest BCUT2D eigenvalue weighted by Crippen LogP contribution is 2.27. The number of methoxy groups -OCH3 is 2. The predicted molar refractivity (Wildman–Crippen MR) is 70.2 cm³/mol. The lowest BCUT2D eigenvalue weighted by Crippen LogP contribution is -2.14. The number of esters is 1. The van der Waals surface area contributed by atoms with Crippen LogP contribution in [-0.4, -0.2) is 26.2 Å². The second-order valence-electron chi connectivity index (χ2n) is 4.53. The normalized spacial score (nSPS) is 15.4. The van der Waals surface area contributed by atoms with Crippen LogP contribution in [0.5, 0.6) is 5.75 Å². The minimum Gasteiger partial charge on any atom is -0.496 e. The molecule has 4 heteroatoms. The molecule has 0 spiro atoms. The first-order valence-corrected chi connectivity index (χ1v) is 6.27. The maximum Gasteiger partial charge on any atom is 0.341 e. The fraction of sp³-hybridized carbons (Fsp3) is 0.500. The number of rotatable bonds is 4. The van der Waals surface area contributed by atoms with Gasteiger partial charge in [0.25, 0.3) is 0 Å². The van der Waals surface area contributed by atoms with Crippen molar-refractivity contribution < 1.29 is 14.3 Å². The van der Waals surface area contributed by atoms with Gasteiger partial charge in [0.1, 0.15) is 11.3 Å². The van der Waals surface area contributed by atoms with Crippen molar-refractivity contribution in [3.05, 3.63) is 23.8 Å². The molecule has 18 heavy (non-hydrogen) atoms. The molecule has 1 aliphatic rings. The molecule has 1 fully saturated rings. The molecule has 0 heterocycles. The van der Waals surface area contributed by atoms with E-state index in [-0.39, 0.29) is 5.97 Å². The third-order valence-electron chi connectivity index (χ3n) is 3.33. The Morgan fingerprint density at radius 1 is 1.28 bits per heavy atom. The van der Waals surface area contributed by atoms with Crippen molar-refractivity contribution in [3.63, 3.8) is 0 Å². The van der Waals surface area contributed by atoms with Gasteiger partial charge in [-0.05, 0) is 25.0 Å². The van der Waals surface area contributed by atoms with Crippen LogP contribution in [0.4, 0.5) is 5.69 Å². The Kier molecular flexibility index (Phi) is 4.07. The van der Waals surface area contributed by atoms with Gasteiger partial charge >= 0.3 is 5.97 Å². The first kappa shape index (κ1) is 12.7. The third kappa shape index (κ3) is 2.75. The summed E-state index contributed by atoms with van der Waals surface area (Å²) in [7, 11) is 2.92. The molecule has 1 saturated carbocycles. The highest BCUT2D eigenvalue weighted by Gasteiger charge is 2.17. The van der Waals surface area contributed by atoms with Gasteiger partial charge in [-0.3, -0.25) is 0 Å². The molecule has 1 aliphatic carbocycles. The first-order valence-electron chi connectivity index (χ1n) is 6.27. The second kappa shape index (κ2) is 5.76. The maximum atomic E-state index is 11.5. The molecular formula is C14H19NO3. The average Bonchev–Trinajstić information content (AvgIpc) is 2.90. The zero-order chi connectivity index (χ0) is 13.0. The van der Waals surface area contributed by atoms with E-state index in [1.165, 1.54) is 32.8 Å². The fourth-order valence-electron chi connectivity index (χ4n) is 2.37. The topological polar surface area (TPSA) is 47.6 Å². The Bertz CT molecular complexity index is 425. The second-order valence-corrected chi connectivity index (χ2v) is 4.53. The van der Waals surface area contributed by atoms with E-state index in [1.54, 1.807) is 13.2 Å². The van der Waals surface area contributed by atoms with Gasteiger partial charge in [-0.1, -0.05) is 12.8 Å². The molecule has 0 aliphatic heterocycles. The lowest BCUT2D eigenvalue weighted by atomic mass is 10.1. The number of carbonyl (C=O) groups excluding carboxylic acids is 1. The molecule has 98 valence electrons. The van der Waals surface area contributed by atoms with Crippen LogP contribution in [0.25, 0.3) is 0 Å². The van der Waals surface area contributed by atoms with Crippen LogP contribution in [0.15, 0.2) is 18.2 Å². The Hall–Kier alpha value is -1.71. The van der Waals surface area contributed by atoms with Crippen molar-refractivity contribution in [1.29, 1.82) is 0 Å². The summed E-state index contributed by atoms with van der Waals surface area (Å²) in [5.41, 5.74) is 1.45. The number of hydrogen-bond acceptors (Lipinski definition) is 4. The molecule has 1 aromatic rings. The maximum absolute atomic E-state index is 11.5. The van der Waals surface area contributed by atoms with Crippen molar-refractivity contribution in [2.75, 3.05) is 19.5 Å². The van der Waals surface area contributed by atoms with Gasteiger partial charge in [0.15, 0.2) is 0 Å². The number of hydrogen-bond donors (Lipinski definition) is 1. The summed E-state index contributed by atoms with van der Waals surface area (Å²) in [6, 6.07) is 6.03. The van der Waals surface area contributed by atoms with Crippen LogP contribution in [0, 0.1) is 0 Å². The Labute approximate surface area is 107 Å². The molecule has 0 unspecified atom stereocenters. The zero-order valence-electron chi connectivity index (χ0n) is 10.9. The van der Waals surface area contributed by atoms with Crippen LogP contribution in [0.2, 0.25) is 0 Å². The highest BCUT2D eigenvalue weighted by atomic mass is 16.5. The Morgan fingerprint density at radius 2 is 2.00 bits per heavy atom. The van der Waals surface area contributed by atoms with Gasteiger partial charge < -0.3 is 14.8 Å². The summed E-state index contributed by atoms with van der Waals surface area (Å²) in [5.74, 6) is 0.170. The molecule has 0 atom stereocenters. The van der Waals surface area contributed by atoms with E-state index in [0.29, 0.717) is 17.4 Å². The molecule has 2 rings (SSSR count). The van der Waals surface area contributed by atoms with E-state index in [4.69, 9.17) is 9.47 Å². The standard InChI is InChI=1S/C14H19NO3/c1-17-13-9-11(15-10-5-3-4-6-10)7-8-12(13)14(16)18-2/h7-10,15H,3-6H2,1-2H3. The molecule has 0 saturated heterocycles. The van der Waals surface area contributed by atoms with Crippen molar-refractivity contribution in [1.82, 2.24) is 0 Å². The molecule has 1 N–H and O–H groups in total. The van der Waals surface area contributed by atoms with E-state index in [1.807, 2.05) is 12.1 Å². The van der Waals surface area contributed by atoms with Gasteiger partial charge in [0.05, 0.1) is 14.2 Å². The van der Waals surface area contributed by atoms with Gasteiger partial charge in [-0.15, -0.1) is 0 Å². The smallest absolute Gasteiger partial charge is 0.341 e. The lowest BCUT2D eigenvalue weighted by molar-refractivity contribution is 0.0597. The molecular weight excluding hydrogens is 230 g/mol. The lowest BCUT2D eigenvalue weighted by Gasteiger charge is -2.15. The number of carbonyl (C=O) groups is 1. The van der Waals surface area contributed by atoms with Crippen molar-refractivity contribution in [2.45, 2.75) is 31.7 Å². The number of nitrogens with one attached hydrogen (secondary N) is 1. The van der Waals surface area contributed by atoms with Crippen LogP contribution in [-0.2, 0) is 4.74 Å². The van der Waals surface area contributed by atoms with E-state index in [0.717, 1.165) is 5.69 Å². The summed E-state index contributed by atoms with van der Waals surface area (Å²) in [5, 5.41) is 3.47. The predicted octanol–water partition coefficient (Wildman–Crippen LogP) is 2.84. The number of ether oxygens (including phenoxy) is 2. The molecule has 0 amide bonds. The molecule has 4 nitrogen and oxygen atoms in total. The Balaban J connectivity index is 2.15. The minimum atomic E-state index is -0.376. The highest BCUT2D eigenvalue weighted by molar-refractivity contribution is 5.93. The quantitative estimate of drug-likeness (QED) is 0.833. The summed E-state index contributed by atoms with van der Waals surface area (Å²) in [4.78, 5) is 11.5. The van der Waals surface area contributed by atoms with Gasteiger partial charge in [-0.2, -0.15) is 0 Å². The first-order chi connectivity index (χ1) is 8.74. The zero-order valence-corrected chi connectivity index (χ0v) is 10.9. The van der Waals surface area contributed by atoms with Crippen molar-refractivity contribution in [3.8, 4) is 5.75 Å². The summed E-state index contributed by atoms with van der Waals surface area (Å²) in [6.07, 6.45) is 4.99. The monoisotopic (exact) mass is 249 g/mol. The fourth-order valence-corrected chi connectivity index (χ4v) is 2.37. The number of anilines is 1. The van der Waals surface area contributed by atoms with Gasteiger partial charge in [0.2, 0.25) is 0 Å². The Morgan fingerprint density at radius 3 is 2.61 bits per heavy atom. The van der Waals surface area contributed by atoms with Crippen LogP contribution in [0.3, 0.4) is 0 Å². The van der Waals surface area contributed by atoms with E-state index in [2.05, 4.69) is 5.32 Å². The van der Waals surface area contributed by atoms with E-state index < -0.39 is 0 Å². The van der Waals surface area contributed by atoms with E-state index >= 15 is 0 Å². The van der Waals surface area contributed by atoms with Gasteiger partial charge in [0, 0.05) is 17.8 Å². The average molecular weight is 249 g/mol. The molecule has 0 radical (unpaired) electrons. The van der Waals surface area contributed by atoms with Gasteiger partial charge in [-0.25, -0.2) is 4.79 Å². The molecule has 0 bridgehead atoms. The summed E-state index contributed by atoms with van der Waals surface area (Å²) in [6.45, 7) is 0. The third-order valence-corrected chi connectivity index (χ3v) is 3.33. The van der Waals surface area contributed by atoms with Crippen LogP contribution >= 0.6 is 0 Å². The number of benzene rings is 1. The summed E-state index contributed by atoms with van der Waals surface area (Å²) >= 11 is 0. The largest absolute Gasteiger partial charge is 0.496 e. The molecule has 1 aromatic carbocycles. The van der Waals surface area contributed by atoms with Crippen LogP contribution in [0.1, 0.15) is 36.0 Å².